The molecule has 1 nitrogen and oxygen atoms in total. The third-order valence-electron chi connectivity index (χ3n) is 3.25. The van der Waals surface area contributed by atoms with E-state index in [1.807, 2.05) is 12.4 Å². The molecule has 0 N–H and O–H groups in total. The minimum absolute atomic E-state index is 0.722. The fraction of sp³-hybridized carbons (Fsp3) is 0.615. The predicted octanol–water partition coefficient (Wildman–Crippen LogP) is 4.73. The van der Waals surface area contributed by atoms with Gasteiger partial charge in [0.1, 0.15) is 0 Å². The van der Waals surface area contributed by atoms with Crippen molar-refractivity contribution in [2.45, 2.75) is 43.4 Å². The summed E-state index contributed by atoms with van der Waals surface area (Å²) in [6, 6.07) is 2.20. The standard InChI is InChI=1S/C13H17Br2N/c14-12-4-2-1-3-10(6-12)5-11-7-13(15)9-16-8-11/h7-10,12H,1-6H2. The van der Waals surface area contributed by atoms with E-state index in [1.165, 1.54) is 44.1 Å². The zero-order chi connectivity index (χ0) is 11.4. The van der Waals surface area contributed by atoms with Gasteiger partial charge in [0.2, 0.25) is 0 Å². The molecule has 0 bridgehead atoms. The SMILES string of the molecule is Brc1cncc(CC2CCCCC(Br)C2)c1. The van der Waals surface area contributed by atoms with Crippen LogP contribution in [-0.2, 0) is 6.42 Å². The summed E-state index contributed by atoms with van der Waals surface area (Å²) in [5.74, 6) is 0.822. The molecule has 0 radical (unpaired) electrons. The van der Waals surface area contributed by atoms with E-state index < -0.39 is 0 Å². The third-order valence-corrected chi connectivity index (χ3v) is 4.52. The monoisotopic (exact) mass is 345 g/mol. The lowest BCUT2D eigenvalue weighted by atomic mass is 9.93. The Balaban J connectivity index is 1.97. The first-order valence-electron chi connectivity index (χ1n) is 5.97. The summed E-state index contributed by atoms with van der Waals surface area (Å²) >= 11 is 7.26. The highest BCUT2D eigenvalue weighted by Crippen LogP contribution is 2.30. The Kier molecular flexibility index (Phi) is 4.83. The summed E-state index contributed by atoms with van der Waals surface area (Å²) in [4.78, 5) is 4.96. The van der Waals surface area contributed by atoms with Crippen molar-refractivity contribution in [2.24, 2.45) is 5.92 Å². The Hall–Kier alpha value is 0.110. The normalized spacial score (nSPS) is 26.4. The van der Waals surface area contributed by atoms with Crippen LogP contribution < -0.4 is 0 Å². The Labute approximate surface area is 114 Å². The van der Waals surface area contributed by atoms with E-state index in [9.17, 15) is 0 Å². The average Bonchev–Trinajstić information content (AvgIpc) is 2.43. The molecule has 2 atom stereocenters. The van der Waals surface area contributed by atoms with Gasteiger partial charge in [0.05, 0.1) is 0 Å². The molecule has 1 aromatic rings. The molecule has 1 fully saturated rings. The van der Waals surface area contributed by atoms with Crippen LogP contribution >= 0.6 is 31.9 Å². The number of nitrogens with zero attached hydrogens (tertiary/aromatic N) is 1. The van der Waals surface area contributed by atoms with Crippen LogP contribution in [0.1, 0.15) is 37.7 Å². The van der Waals surface area contributed by atoms with Crippen molar-refractivity contribution in [3.8, 4) is 0 Å². The molecule has 0 aromatic carbocycles. The largest absolute Gasteiger partial charge is 0.263 e. The fourth-order valence-corrected chi connectivity index (χ4v) is 3.75. The van der Waals surface area contributed by atoms with Crippen molar-refractivity contribution < 1.29 is 0 Å². The molecule has 2 unspecified atom stereocenters. The number of hydrogen-bond acceptors (Lipinski definition) is 1. The van der Waals surface area contributed by atoms with E-state index in [4.69, 9.17) is 0 Å². The van der Waals surface area contributed by atoms with E-state index in [-0.39, 0.29) is 0 Å². The molecule has 88 valence electrons. The van der Waals surface area contributed by atoms with E-state index >= 15 is 0 Å². The van der Waals surface area contributed by atoms with Crippen LogP contribution in [0.3, 0.4) is 0 Å². The number of alkyl halides is 1. The van der Waals surface area contributed by atoms with Crippen molar-refractivity contribution in [1.82, 2.24) is 4.98 Å². The maximum atomic E-state index is 4.23. The minimum atomic E-state index is 0.722. The quantitative estimate of drug-likeness (QED) is 0.557. The highest BCUT2D eigenvalue weighted by Gasteiger charge is 2.18. The lowest BCUT2D eigenvalue weighted by Gasteiger charge is -2.16. The summed E-state index contributed by atoms with van der Waals surface area (Å²) in [5.41, 5.74) is 1.36. The molecule has 16 heavy (non-hydrogen) atoms. The van der Waals surface area contributed by atoms with Crippen LogP contribution in [0, 0.1) is 5.92 Å². The Morgan fingerprint density at radius 1 is 1.25 bits per heavy atom. The van der Waals surface area contributed by atoms with Gasteiger partial charge in [-0.3, -0.25) is 4.98 Å². The minimum Gasteiger partial charge on any atom is -0.263 e. The van der Waals surface area contributed by atoms with Gasteiger partial charge in [-0.1, -0.05) is 35.2 Å². The van der Waals surface area contributed by atoms with Gasteiger partial charge in [-0.05, 0) is 52.7 Å². The van der Waals surface area contributed by atoms with Crippen molar-refractivity contribution in [3.05, 3.63) is 28.5 Å². The first kappa shape index (κ1) is 12.6. The molecule has 3 heteroatoms. The van der Waals surface area contributed by atoms with Gasteiger partial charge < -0.3 is 0 Å². The predicted molar refractivity (Wildman–Crippen MR) is 74.9 cm³/mol. The first-order chi connectivity index (χ1) is 7.74. The second-order valence-corrected chi connectivity index (χ2v) is 6.91. The van der Waals surface area contributed by atoms with E-state index in [1.54, 1.807) is 0 Å². The van der Waals surface area contributed by atoms with Crippen molar-refractivity contribution >= 4 is 31.9 Å². The molecule has 0 amide bonds. The maximum absolute atomic E-state index is 4.23. The Morgan fingerprint density at radius 2 is 2.06 bits per heavy atom. The van der Waals surface area contributed by atoms with Gasteiger partial charge in [-0.15, -0.1) is 0 Å². The van der Waals surface area contributed by atoms with Crippen LogP contribution in [0.4, 0.5) is 0 Å². The van der Waals surface area contributed by atoms with Crippen LogP contribution in [0.15, 0.2) is 22.9 Å². The van der Waals surface area contributed by atoms with Gasteiger partial charge in [0.15, 0.2) is 0 Å². The number of halogens is 2. The van der Waals surface area contributed by atoms with Gasteiger partial charge in [0, 0.05) is 21.7 Å². The molecule has 1 aromatic heterocycles. The van der Waals surface area contributed by atoms with E-state index in [2.05, 4.69) is 42.9 Å². The molecule has 1 aliphatic rings. The fourth-order valence-electron chi connectivity index (χ4n) is 2.48. The van der Waals surface area contributed by atoms with Gasteiger partial charge in [-0.25, -0.2) is 0 Å². The molecule has 0 saturated heterocycles. The molecular formula is C13H17Br2N. The molecule has 0 aliphatic heterocycles. The van der Waals surface area contributed by atoms with Crippen LogP contribution in [-0.4, -0.2) is 9.81 Å². The second kappa shape index (κ2) is 6.15. The van der Waals surface area contributed by atoms with Crippen molar-refractivity contribution in [1.29, 1.82) is 0 Å². The van der Waals surface area contributed by atoms with Crippen molar-refractivity contribution in [3.63, 3.8) is 0 Å². The zero-order valence-electron chi connectivity index (χ0n) is 9.33. The average molecular weight is 347 g/mol. The van der Waals surface area contributed by atoms with Crippen LogP contribution in [0.5, 0.6) is 0 Å². The summed E-state index contributed by atoms with van der Waals surface area (Å²) < 4.78 is 1.09. The molecule has 2 rings (SSSR count). The van der Waals surface area contributed by atoms with E-state index in [0.29, 0.717) is 0 Å². The summed E-state index contributed by atoms with van der Waals surface area (Å²) in [5, 5.41) is 0. The summed E-state index contributed by atoms with van der Waals surface area (Å²) in [7, 11) is 0. The molecule has 1 aliphatic carbocycles. The number of aromatic nitrogens is 1. The van der Waals surface area contributed by atoms with Gasteiger partial charge >= 0.3 is 0 Å². The number of hydrogen-bond donors (Lipinski definition) is 0. The lowest BCUT2D eigenvalue weighted by molar-refractivity contribution is 0.463. The molecule has 0 spiro atoms. The second-order valence-electron chi connectivity index (χ2n) is 4.70. The highest BCUT2D eigenvalue weighted by atomic mass is 79.9. The molecule has 1 saturated carbocycles. The molecule has 1 heterocycles. The number of rotatable bonds is 2. The number of pyridine rings is 1. The van der Waals surface area contributed by atoms with Gasteiger partial charge in [-0.2, -0.15) is 0 Å². The maximum Gasteiger partial charge on any atom is 0.0410 e. The zero-order valence-corrected chi connectivity index (χ0v) is 12.5. The lowest BCUT2D eigenvalue weighted by Crippen LogP contribution is -2.08. The Morgan fingerprint density at radius 3 is 2.88 bits per heavy atom. The summed E-state index contributed by atoms with van der Waals surface area (Å²) in [6.07, 6.45) is 11.8. The van der Waals surface area contributed by atoms with Crippen molar-refractivity contribution in [2.75, 3.05) is 0 Å². The first-order valence-corrected chi connectivity index (χ1v) is 7.68. The van der Waals surface area contributed by atoms with Crippen LogP contribution in [0.2, 0.25) is 0 Å². The van der Waals surface area contributed by atoms with Crippen LogP contribution in [0.25, 0.3) is 0 Å². The van der Waals surface area contributed by atoms with Gasteiger partial charge in [0.25, 0.3) is 0 Å². The molecular weight excluding hydrogens is 330 g/mol. The Bertz CT molecular complexity index is 340. The highest BCUT2D eigenvalue weighted by molar-refractivity contribution is 9.10. The smallest absolute Gasteiger partial charge is 0.0410 e. The summed E-state index contributed by atoms with van der Waals surface area (Å²) in [6.45, 7) is 0. The topological polar surface area (TPSA) is 12.9 Å². The van der Waals surface area contributed by atoms with E-state index in [0.717, 1.165) is 15.2 Å². The third kappa shape index (κ3) is 3.85.